The molecule has 0 aromatic carbocycles. The van der Waals surface area contributed by atoms with Crippen LogP contribution in [0.2, 0.25) is 0 Å². The lowest BCUT2D eigenvalue weighted by Crippen LogP contribution is -2.34. The molecule has 1 aromatic rings. The van der Waals surface area contributed by atoms with E-state index in [1.165, 1.54) is 12.8 Å². The predicted octanol–water partition coefficient (Wildman–Crippen LogP) is 1.09. The Bertz CT molecular complexity index is 416. The molecule has 1 fully saturated rings. The summed E-state index contributed by atoms with van der Waals surface area (Å²) in [6.07, 6.45) is 6.26. The summed E-state index contributed by atoms with van der Waals surface area (Å²) >= 11 is 0. The molecule has 1 aliphatic rings. The third-order valence-electron chi connectivity index (χ3n) is 3.72. The van der Waals surface area contributed by atoms with E-state index in [1.807, 2.05) is 12.3 Å². The highest BCUT2D eigenvalue weighted by atomic mass is 16.2. The van der Waals surface area contributed by atoms with Gasteiger partial charge in [0.15, 0.2) is 0 Å². The van der Waals surface area contributed by atoms with E-state index in [0.29, 0.717) is 6.04 Å². The molecule has 0 radical (unpaired) electrons. The van der Waals surface area contributed by atoms with Gasteiger partial charge >= 0.3 is 0 Å². The summed E-state index contributed by atoms with van der Waals surface area (Å²) in [5.74, 6) is 0. The molecule has 4 nitrogen and oxygen atoms in total. The maximum Gasteiger partial charge on any atom is 0.250 e. The molecule has 1 aliphatic heterocycles. The molecule has 1 aromatic heterocycles. The van der Waals surface area contributed by atoms with Gasteiger partial charge in [-0.05, 0) is 38.3 Å². The first-order chi connectivity index (χ1) is 8.81. The molecule has 18 heavy (non-hydrogen) atoms. The summed E-state index contributed by atoms with van der Waals surface area (Å²) < 4.78 is 1.77. The molecular formula is C14H22N2O2. The lowest BCUT2D eigenvalue weighted by atomic mass is 10.1. The molecule has 100 valence electrons. The minimum Gasteiger partial charge on any atom is -0.396 e. The van der Waals surface area contributed by atoms with E-state index in [1.54, 1.807) is 16.7 Å². The number of nitrogens with zero attached hydrogens (tertiary/aromatic N) is 2. The number of hydrogen-bond acceptors (Lipinski definition) is 3. The van der Waals surface area contributed by atoms with Crippen molar-refractivity contribution >= 4 is 0 Å². The van der Waals surface area contributed by atoms with Crippen molar-refractivity contribution in [1.82, 2.24) is 9.47 Å². The summed E-state index contributed by atoms with van der Waals surface area (Å²) in [6.45, 7) is 3.09. The molecule has 1 unspecified atom stereocenters. The molecule has 0 bridgehead atoms. The van der Waals surface area contributed by atoms with Gasteiger partial charge in [0.05, 0.1) is 0 Å². The van der Waals surface area contributed by atoms with E-state index in [4.69, 9.17) is 5.11 Å². The lowest BCUT2D eigenvalue weighted by molar-refractivity contribution is 0.210. The van der Waals surface area contributed by atoms with Crippen molar-refractivity contribution in [3.05, 3.63) is 34.7 Å². The topological polar surface area (TPSA) is 45.5 Å². The average Bonchev–Trinajstić information content (AvgIpc) is 2.83. The standard InChI is InChI=1S/C14H22N2O2/c17-12-4-6-13-5-3-9-15(13)10-11-16-8-2-1-7-14(16)18/h1-2,7-8,13,17H,3-6,9-12H2. The van der Waals surface area contributed by atoms with Gasteiger partial charge in [-0.3, -0.25) is 9.69 Å². The van der Waals surface area contributed by atoms with E-state index in [-0.39, 0.29) is 12.2 Å². The normalized spacial score (nSPS) is 20.4. The maximum atomic E-state index is 11.6. The zero-order chi connectivity index (χ0) is 12.8. The molecule has 1 atom stereocenters. The van der Waals surface area contributed by atoms with Gasteiger partial charge in [0.2, 0.25) is 0 Å². The van der Waals surface area contributed by atoms with Crippen LogP contribution in [-0.2, 0) is 6.54 Å². The molecule has 4 heteroatoms. The highest BCUT2D eigenvalue weighted by Crippen LogP contribution is 2.20. The van der Waals surface area contributed by atoms with Crippen molar-refractivity contribution in [2.24, 2.45) is 0 Å². The fourth-order valence-corrected chi connectivity index (χ4v) is 2.72. The number of pyridine rings is 1. The molecule has 0 spiro atoms. The van der Waals surface area contributed by atoms with Crippen LogP contribution in [-0.4, -0.2) is 40.3 Å². The van der Waals surface area contributed by atoms with Gasteiger partial charge in [-0.25, -0.2) is 0 Å². The first-order valence-corrected chi connectivity index (χ1v) is 6.81. The van der Waals surface area contributed by atoms with Gasteiger partial charge in [0.25, 0.3) is 5.56 Å². The van der Waals surface area contributed by atoms with Crippen LogP contribution in [0.3, 0.4) is 0 Å². The predicted molar refractivity (Wildman–Crippen MR) is 71.6 cm³/mol. The molecule has 1 saturated heterocycles. The number of aromatic nitrogens is 1. The fourth-order valence-electron chi connectivity index (χ4n) is 2.72. The molecule has 1 N–H and O–H groups in total. The average molecular weight is 250 g/mol. The van der Waals surface area contributed by atoms with Gasteiger partial charge in [0.1, 0.15) is 0 Å². The first-order valence-electron chi connectivity index (χ1n) is 6.81. The number of likely N-dealkylation sites (tertiary alicyclic amines) is 1. The minimum absolute atomic E-state index is 0.0728. The van der Waals surface area contributed by atoms with Crippen LogP contribution < -0.4 is 5.56 Å². The molecule has 0 amide bonds. The molecule has 0 aliphatic carbocycles. The van der Waals surface area contributed by atoms with Crippen LogP contribution in [0.25, 0.3) is 0 Å². The summed E-state index contributed by atoms with van der Waals surface area (Å²) in [5, 5.41) is 8.89. The third kappa shape index (κ3) is 3.43. The molecule has 0 saturated carbocycles. The van der Waals surface area contributed by atoms with Gasteiger partial charge < -0.3 is 9.67 Å². The van der Waals surface area contributed by atoms with E-state index >= 15 is 0 Å². The van der Waals surface area contributed by atoms with Crippen LogP contribution in [0, 0.1) is 0 Å². The van der Waals surface area contributed by atoms with Crippen LogP contribution >= 0.6 is 0 Å². The van der Waals surface area contributed by atoms with Gasteiger partial charge in [-0.2, -0.15) is 0 Å². The Labute approximate surface area is 108 Å². The van der Waals surface area contributed by atoms with Crippen molar-refractivity contribution in [3.8, 4) is 0 Å². The van der Waals surface area contributed by atoms with Crippen molar-refractivity contribution in [3.63, 3.8) is 0 Å². The number of aliphatic hydroxyl groups excluding tert-OH is 1. The second kappa shape index (κ2) is 6.71. The van der Waals surface area contributed by atoms with Gasteiger partial charge in [-0.15, -0.1) is 0 Å². The zero-order valence-corrected chi connectivity index (χ0v) is 10.8. The summed E-state index contributed by atoms with van der Waals surface area (Å²) in [6, 6.07) is 5.87. The SMILES string of the molecule is O=c1ccccn1CCN1CCCC1CCCO. The largest absolute Gasteiger partial charge is 0.396 e. The molecular weight excluding hydrogens is 228 g/mol. The van der Waals surface area contributed by atoms with Crippen LogP contribution in [0.5, 0.6) is 0 Å². The fraction of sp³-hybridized carbons (Fsp3) is 0.643. The Morgan fingerprint density at radius 1 is 1.33 bits per heavy atom. The number of hydrogen-bond donors (Lipinski definition) is 1. The quantitative estimate of drug-likeness (QED) is 0.822. The molecule has 2 heterocycles. The minimum atomic E-state index is 0.0728. The van der Waals surface area contributed by atoms with Crippen molar-refractivity contribution in [2.75, 3.05) is 19.7 Å². The van der Waals surface area contributed by atoms with E-state index in [0.717, 1.165) is 32.5 Å². The summed E-state index contributed by atoms with van der Waals surface area (Å²) in [4.78, 5) is 14.0. The number of rotatable bonds is 6. The third-order valence-corrected chi connectivity index (χ3v) is 3.72. The summed E-state index contributed by atoms with van der Waals surface area (Å²) in [5.41, 5.74) is 0.0728. The molecule has 2 rings (SSSR count). The Morgan fingerprint density at radius 3 is 3.00 bits per heavy atom. The Morgan fingerprint density at radius 2 is 2.22 bits per heavy atom. The van der Waals surface area contributed by atoms with Crippen LogP contribution in [0.15, 0.2) is 29.2 Å². The first kappa shape index (κ1) is 13.3. The number of aliphatic hydroxyl groups is 1. The Balaban J connectivity index is 1.86. The van der Waals surface area contributed by atoms with Crippen LogP contribution in [0.1, 0.15) is 25.7 Å². The Hall–Kier alpha value is -1.13. The zero-order valence-electron chi connectivity index (χ0n) is 10.8. The monoisotopic (exact) mass is 250 g/mol. The van der Waals surface area contributed by atoms with Gasteiger partial charge in [0, 0.05) is 38.0 Å². The van der Waals surface area contributed by atoms with Crippen molar-refractivity contribution < 1.29 is 5.11 Å². The Kier molecular flexibility index (Phi) is 4.96. The smallest absolute Gasteiger partial charge is 0.250 e. The van der Waals surface area contributed by atoms with E-state index in [9.17, 15) is 4.79 Å². The van der Waals surface area contributed by atoms with Crippen molar-refractivity contribution in [2.45, 2.75) is 38.3 Å². The van der Waals surface area contributed by atoms with Crippen LogP contribution in [0.4, 0.5) is 0 Å². The second-order valence-electron chi connectivity index (χ2n) is 4.93. The van der Waals surface area contributed by atoms with E-state index in [2.05, 4.69) is 4.90 Å². The lowest BCUT2D eigenvalue weighted by Gasteiger charge is -2.24. The highest BCUT2D eigenvalue weighted by molar-refractivity contribution is 4.93. The van der Waals surface area contributed by atoms with Gasteiger partial charge in [-0.1, -0.05) is 6.07 Å². The van der Waals surface area contributed by atoms with E-state index < -0.39 is 0 Å². The second-order valence-corrected chi connectivity index (χ2v) is 4.93. The van der Waals surface area contributed by atoms with Crippen molar-refractivity contribution in [1.29, 1.82) is 0 Å². The summed E-state index contributed by atoms with van der Waals surface area (Å²) in [7, 11) is 0. The highest BCUT2D eigenvalue weighted by Gasteiger charge is 2.23. The maximum absolute atomic E-state index is 11.6.